The largest absolute Gasteiger partial charge is 0.360 e. The van der Waals surface area contributed by atoms with E-state index in [1.807, 2.05) is 6.92 Å². The van der Waals surface area contributed by atoms with E-state index in [-0.39, 0.29) is 16.9 Å². The standard InChI is InChI=1S/C11H12ClN5O2/c1-2-8(11-13-3-4-14-11)15-10-6-7(17(18)19)5-9(12)16-10/h3-6,8H,2H2,1H3,(H,13,14)(H,15,16). The van der Waals surface area contributed by atoms with Crippen molar-refractivity contribution in [3.63, 3.8) is 0 Å². The molecule has 1 unspecified atom stereocenters. The molecule has 0 fully saturated rings. The number of aromatic amines is 1. The number of nitro groups is 1. The Labute approximate surface area is 114 Å². The molecule has 0 saturated carbocycles. The van der Waals surface area contributed by atoms with Gasteiger partial charge in [-0.15, -0.1) is 0 Å². The third-order valence-electron chi connectivity index (χ3n) is 2.57. The van der Waals surface area contributed by atoms with Gasteiger partial charge >= 0.3 is 0 Å². The molecular weight excluding hydrogens is 270 g/mol. The molecule has 2 aromatic heterocycles. The maximum absolute atomic E-state index is 10.8. The molecule has 19 heavy (non-hydrogen) atoms. The van der Waals surface area contributed by atoms with Gasteiger partial charge in [-0.05, 0) is 6.42 Å². The van der Waals surface area contributed by atoms with Gasteiger partial charge < -0.3 is 10.3 Å². The number of pyridine rings is 1. The molecule has 7 nitrogen and oxygen atoms in total. The van der Waals surface area contributed by atoms with Crippen molar-refractivity contribution in [2.24, 2.45) is 0 Å². The monoisotopic (exact) mass is 281 g/mol. The van der Waals surface area contributed by atoms with Crippen LogP contribution in [0.15, 0.2) is 24.5 Å². The minimum Gasteiger partial charge on any atom is -0.360 e. The van der Waals surface area contributed by atoms with Crippen molar-refractivity contribution in [1.29, 1.82) is 0 Å². The van der Waals surface area contributed by atoms with Crippen LogP contribution in [0.4, 0.5) is 11.5 Å². The summed E-state index contributed by atoms with van der Waals surface area (Å²) < 4.78 is 0. The van der Waals surface area contributed by atoms with Crippen LogP contribution in [0.3, 0.4) is 0 Å². The number of anilines is 1. The number of nitrogens with zero attached hydrogens (tertiary/aromatic N) is 3. The lowest BCUT2D eigenvalue weighted by Crippen LogP contribution is -2.12. The van der Waals surface area contributed by atoms with Crippen LogP contribution in [0.1, 0.15) is 25.2 Å². The zero-order valence-electron chi connectivity index (χ0n) is 10.1. The third kappa shape index (κ3) is 3.19. The van der Waals surface area contributed by atoms with Crippen LogP contribution in [0.5, 0.6) is 0 Å². The molecule has 0 aliphatic rings. The Hall–Kier alpha value is -2.15. The Kier molecular flexibility index (Phi) is 3.96. The fourth-order valence-corrected chi connectivity index (χ4v) is 1.88. The van der Waals surface area contributed by atoms with Crippen molar-refractivity contribution in [2.75, 3.05) is 5.32 Å². The van der Waals surface area contributed by atoms with Crippen LogP contribution < -0.4 is 5.32 Å². The molecule has 0 aliphatic carbocycles. The van der Waals surface area contributed by atoms with Crippen molar-refractivity contribution in [1.82, 2.24) is 15.0 Å². The molecule has 0 aromatic carbocycles. The van der Waals surface area contributed by atoms with Crippen molar-refractivity contribution in [2.45, 2.75) is 19.4 Å². The second kappa shape index (κ2) is 5.66. The Morgan fingerprint density at radius 2 is 2.37 bits per heavy atom. The molecule has 0 bridgehead atoms. The first-order valence-corrected chi connectivity index (χ1v) is 6.05. The summed E-state index contributed by atoms with van der Waals surface area (Å²) in [5.41, 5.74) is -0.100. The van der Waals surface area contributed by atoms with Crippen LogP contribution in [0.25, 0.3) is 0 Å². The van der Waals surface area contributed by atoms with Crippen LogP contribution in [0, 0.1) is 10.1 Å². The predicted octanol–water partition coefficient (Wildman–Crippen LogP) is 2.93. The van der Waals surface area contributed by atoms with Gasteiger partial charge in [0.2, 0.25) is 0 Å². The Morgan fingerprint density at radius 1 is 1.58 bits per heavy atom. The van der Waals surface area contributed by atoms with Crippen molar-refractivity contribution in [3.05, 3.63) is 45.6 Å². The van der Waals surface area contributed by atoms with E-state index < -0.39 is 4.92 Å². The zero-order valence-corrected chi connectivity index (χ0v) is 10.9. The fraction of sp³-hybridized carbons (Fsp3) is 0.273. The maximum Gasteiger partial charge on any atom is 0.276 e. The van der Waals surface area contributed by atoms with Crippen LogP contribution in [-0.4, -0.2) is 19.9 Å². The minimum atomic E-state index is -0.507. The van der Waals surface area contributed by atoms with E-state index in [4.69, 9.17) is 11.6 Å². The van der Waals surface area contributed by atoms with E-state index in [1.54, 1.807) is 12.4 Å². The second-order valence-corrected chi connectivity index (χ2v) is 4.26. The number of hydrogen-bond donors (Lipinski definition) is 2. The molecule has 0 saturated heterocycles. The normalized spacial score (nSPS) is 12.1. The highest BCUT2D eigenvalue weighted by Gasteiger charge is 2.15. The molecule has 0 amide bonds. The molecule has 2 aromatic rings. The number of H-pyrrole nitrogens is 1. The Balaban J connectivity index is 2.24. The SMILES string of the molecule is CCC(Nc1cc([N+](=O)[O-])cc(Cl)n1)c1ncc[nH]1. The van der Waals surface area contributed by atoms with E-state index in [0.29, 0.717) is 5.82 Å². The summed E-state index contributed by atoms with van der Waals surface area (Å²) in [5.74, 6) is 1.09. The molecule has 2 N–H and O–H groups in total. The molecule has 0 aliphatic heterocycles. The Morgan fingerprint density at radius 3 is 2.95 bits per heavy atom. The first-order chi connectivity index (χ1) is 9.10. The highest BCUT2D eigenvalue weighted by Crippen LogP contribution is 2.24. The maximum atomic E-state index is 10.8. The lowest BCUT2D eigenvalue weighted by molar-refractivity contribution is -0.384. The van der Waals surface area contributed by atoms with Crippen LogP contribution in [0.2, 0.25) is 5.15 Å². The average Bonchev–Trinajstić information content (AvgIpc) is 2.89. The average molecular weight is 282 g/mol. The number of nitrogens with one attached hydrogen (secondary N) is 2. The summed E-state index contributed by atoms with van der Waals surface area (Å²) in [7, 11) is 0. The number of hydrogen-bond acceptors (Lipinski definition) is 5. The second-order valence-electron chi connectivity index (χ2n) is 3.87. The summed E-state index contributed by atoms with van der Waals surface area (Å²) in [5, 5.41) is 13.9. The van der Waals surface area contributed by atoms with Gasteiger partial charge in [0.25, 0.3) is 5.69 Å². The number of aromatic nitrogens is 3. The minimum absolute atomic E-state index is 0.0750. The number of halogens is 1. The van der Waals surface area contributed by atoms with Gasteiger partial charge in [0, 0.05) is 12.4 Å². The van der Waals surface area contributed by atoms with Gasteiger partial charge in [0.05, 0.1) is 23.1 Å². The van der Waals surface area contributed by atoms with Crippen LogP contribution in [-0.2, 0) is 0 Å². The summed E-state index contributed by atoms with van der Waals surface area (Å²) in [6.45, 7) is 1.97. The molecule has 8 heteroatoms. The van der Waals surface area contributed by atoms with Gasteiger partial charge in [0.15, 0.2) is 0 Å². The lowest BCUT2D eigenvalue weighted by Gasteiger charge is -2.15. The number of rotatable bonds is 5. The molecule has 2 rings (SSSR count). The molecule has 0 spiro atoms. The van der Waals surface area contributed by atoms with E-state index in [0.717, 1.165) is 12.2 Å². The van der Waals surface area contributed by atoms with Gasteiger partial charge in [-0.3, -0.25) is 10.1 Å². The summed E-state index contributed by atoms with van der Waals surface area (Å²) in [4.78, 5) is 21.4. The van der Waals surface area contributed by atoms with Crippen molar-refractivity contribution in [3.8, 4) is 0 Å². The highest BCUT2D eigenvalue weighted by atomic mass is 35.5. The summed E-state index contributed by atoms with van der Waals surface area (Å²) in [6, 6.07) is 2.44. The third-order valence-corrected chi connectivity index (χ3v) is 2.76. The fourth-order valence-electron chi connectivity index (χ4n) is 1.67. The lowest BCUT2D eigenvalue weighted by atomic mass is 10.2. The quantitative estimate of drug-likeness (QED) is 0.499. The first-order valence-electron chi connectivity index (χ1n) is 5.68. The molecule has 2 heterocycles. The predicted molar refractivity (Wildman–Crippen MR) is 71.1 cm³/mol. The topological polar surface area (TPSA) is 96.7 Å². The van der Waals surface area contributed by atoms with E-state index in [2.05, 4.69) is 20.3 Å². The van der Waals surface area contributed by atoms with Gasteiger partial charge in [0.1, 0.15) is 16.8 Å². The highest BCUT2D eigenvalue weighted by molar-refractivity contribution is 6.29. The van der Waals surface area contributed by atoms with E-state index >= 15 is 0 Å². The first kappa shape index (κ1) is 13.3. The Bertz CT molecular complexity index is 572. The molecule has 100 valence electrons. The summed E-state index contributed by atoms with van der Waals surface area (Å²) in [6.07, 6.45) is 4.11. The molecular formula is C11H12ClN5O2. The molecule has 0 radical (unpaired) electrons. The van der Waals surface area contributed by atoms with Crippen molar-refractivity contribution < 1.29 is 4.92 Å². The van der Waals surface area contributed by atoms with E-state index in [1.165, 1.54) is 12.1 Å². The number of imidazole rings is 1. The molecule has 1 atom stereocenters. The van der Waals surface area contributed by atoms with Crippen LogP contribution >= 0.6 is 11.6 Å². The smallest absolute Gasteiger partial charge is 0.276 e. The van der Waals surface area contributed by atoms with Gasteiger partial charge in [-0.2, -0.15) is 0 Å². The zero-order chi connectivity index (χ0) is 13.8. The van der Waals surface area contributed by atoms with Gasteiger partial charge in [-0.25, -0.2) is 9.97 Å². The van der Waals surface area contributed by atoms with Crippen molar-refractivity contribution >= 4 is 23.1 Å². The van der Waals surface area contributed by atoms with Gasteiger partial charge in [-0.1, -0.05) is 18.5 Å². The summed E-state index contributed by atoms with van der Waals surface area (Å²) >= 11 is 5.77. The van der Waals surface area contributed by atoms with E-state index in [9.17, 15) is 10.1 Å².